The smallest absolute Gasteiger partial charge is 0.255 e. The number of sulfonamides is 1. The standard InChI is InChI=1S/C21H19FN2O3S/c1-24(15-16-5-3-2-4-6-16)28(26,27)20-13-7-17(8-14-20)21(25)23-19-11-9-18(22)10-12-19/h2-14H,15H2,1H3,(H,23,25). The molecule has 0 fully saturated rings. The number of carbonyl (C=O) groups excluding carboxylic acids is 1. The third-order valence-electron chi connectivity index (χ3n) is 4.17. The number of carbonyl (C=O) groups is 1. The summed E-state index contributed by atoms with van der Waals surface area (Å²) in [4.78, 5) is 12.4. The number of amides is 1. The quantitative estimate of drug-likeness (QED) is 0.685. The molecule has 0 heterocycles. The molecule has 0 spiro atoms. The minimum atomic E-state index is -3.68. The van der Waals surface area contributed by atoms with Gasteiger partial charge in [0.25, 0.3) is 5.91 Å². The number of hydrogen-bond donors (Lipinski definition) is 1. The molecule has 3 aromatic carbocycles. The first-order valence-corrected chi connectivity index (χ1v) is 9.97. The van der Waals surface area contributed by atoms with Crippen molar-refractivity contribution in [3.8, 4) is 0 Å². The Hall–Kier alpha value is -3.03. The van der Waals surface area contributed by atoms with Crippen LogP contribution in [0.2, 0.25) is 0 Å². The second-order valence-corrected chi connectivity index (χ2v) is 8.28. The molecule has 0 saturated heterocycles. The molecule has 1 N–H and O–H groups in total. The van der Waals surface area contributed by atoms with E-state index < -0.39 is 21.7 Å². The zero-order valence-corrected chi connectivity index (χ0v) is 16.0. The van der Waals surface area contributed by atoms with E-state index in [9.17, 15) is 17.6 Å². The average Bonchev–Trinajstić information content (AvgIpc) is 2.70. The molecule has 7 heteroatoms. The van der Waals surface area contributed by atoms with E-state index in [1.54, 1.807) is 0 Å². The van der Waals surface area contributed by atoms with Gasteiger partial charge in [0.15, 0.2) is 0 Å². The number of rotatable bonds is 6. The van der Waals surface area contributed by atoms with E-state index in [0.717, 1.165) is 5.56 Å². The van der Waals surface area contributed by atoms with E-state index >= 15 is 0 Å². The summed E-state index contributed by atoms with van der Waals surface area (Å²) in [5.41, 5.74) is 1.63. The summed E-state index contributed by atoms with van der Waals surface area (Å²) in [5.74, 6) is -0.805. The SMILES string of the molecule is CN(Cc1ccccc1)S(=O)(=O)c1ccc(C(=O)Nc2ccc(F)cc2)cc1. The first kappa shape index (κ1) is 19.7. The molecule has 0 radical (unpaired) electrons. The Morgan fingerprint density at radius 2 is 1.54 bits per heavy atom. The van der Waals surface area contributed by atoms with Gasteiger partial charge in [-0.3, -0.25) is 4.79 Å². The van der Waals surface area contributed by atoms with Crippen LogP contribution in [-0.4, -0.2) is 25.7 Å². The molecule has 5 nitrogen and oxygen atoms in total. The van der Waals surface area contributed by atoms with E-state index in [1.165, 1.54) is 59.9 Å². The maximum absolute atomic E-state index is 12.9. The number of benzene rings is 3. The largest absolute Gasteiger partial charge is 0.322 e. The van der Waals surface area contributed by atoms with E-state index in [-0.39, 0.29) is 11.4 Å². The van der Waals surface area contributed by atoms with E-state index in [0.29, 0.717) is 11.3 Å². The predicted octanol–water partition coefficient (Wildman–Crippen LogP) is 3.90. The van der Waals surface area contributed by atoms with Crippen molar-refractivity contribution in [2.24, 2.45) is 0 Å². The van der Waals surface area contributed by atoms with Crippen LogP contribution in [0.3, 0.4) is 0 Å². The summed E-state index contributed by atoms with van der Waals surface area (Å²) in [6.45, 7) is 0.246. The second kappa shape index (κ2) is 8.33. The van der Waals surface area contributed by atoms with Crippen LogP contribution in [0, 0.1) is 5.82 Å². The summed E-state index contributed by atoms with van der Waals surface area (Å²) < 4.78 is 39.7. The number of nitrogens with one attached hydrogen (secondary N) is 1. The van der Waals surface area contributed by atoms with Gasteiger partial charge in [0, 0.05) is 24.8 Å². The molecule has 1 amide bonds. The molecule has 0 atom stereocenters. The Morgan fingerprint density at radius 3 is 2.14 bits per heavy atom. The molecule has 0 saturated carbocycles. The third kappa shape index (κ3) is 4.62. The van der Waals surface area contributed by atoms with Crippen LogP contribution in [0.4, 0.5) is 10.1 Å². The maximum atomic E-state index is 12.9. The fourth-order valence-corrected chi connectivity index (χ4v) is 3.78. The van der Waals surface area contributed by atoms with Crippen LogP contribution in [-0.2, 0) is 16.6 Å². The van der Waals surface area contributed by atoms with Crippen LogP contribution in [0.1, 0.15) is 15.9 Å². The Bertz CT molecular complexity index is 1050. The number of halogens is 1. The Morgan fingerprint density at radius 1 is 0.929 bits per heavy atom. The number of hydrogen-bond acceptors (Lipinski definition) is 3. The van der Waals surface area contributed by atoms with Gasteiger partial charge in [-0.25, -0.2) is 12.8 Å². The van der Waals surface area contributed by atoms with E-state index in [2.05, 4.69) is 5.32 Å². The lowest BCUT2D eigenvalue weighted by molar-refractivity contribution is 0.102. The predicted molar refractivity (Wildman–Crippen MR) is 106 cm³/mol. The van der Waals surface area contributed by atoms with Crippen molar-refractivity contribution in [2.45, 2.75) is 11.4 Å². The summed E-state index contributed by atoms with van der Waals surface area (Å²) in [6, 6.07) is 20.4. The highest BCUT2D eigenvalue weighted by molar-refractivity contribution is 7.89. The van der Waals surface area contributed by atoms with Gasteiger partial charge in [0.05, 0.1) is 4.90 Å². The first-order valence-electron chi connectivity index (χ1n) is 8.53. The van der Waals surface area contributed by atoms with Crippen molar-refractivity contribution in [2.75, 3.05) is 12.4 Å². The van der Waals surface area contributed by atoms with Gasteiger partial charge in [-0.1, -0.05) is 30.3 Å². The highest BCUT2D eigenvalue weighted by Crippen LogP contribution is 2.18. The van der Waals surface area contributed by atoms with Crippen molar-refractivity contribution in [3.63, 3.8) is 0 Å². The van der Waals surface area contributed by atoms with Crippen LogP contribution in [0.15, 0.2) is 83.8 Å². The van der Waals surface area contributed by atoms with Crippen molar-refractivity contribution in [1.82, 2.24) is 4.31 Å². The molecule has 3 aromatic rings. The van der Waals surface area contributed by atoms with Crippen LogP contribution >= 0.6 is 0 Å². The molecular weight excluding hydrogens is 379 g/mol. The lowest BCUT2D eigenvalue weighted by atomic mass is 10.2. The van der Waals surface area contributed by atoms with Gasteiger partial charge >= 0.3 is 0 Å². The van der Waals surface area contributed by atoms with Gasteiger partial charge in [-0.05, 0) is 54.1 Å². The zero-order chi connectivity index (χ0) is 20.1. The maximum Gasteiger partial charge on any atom is 0.255 e. The third-order valence-corrected chi connectivity index (χ3v) is 5.99. The topological polar surface area (TPSA) is 66.5 Å². The average molecular weight is 398 g/mol. The number of anilines is 1. The first-order chi connectivity index (χ1) is 13.4. The summed E-state index contributed by atoms with van der Waals surface area (Å²) in [6.07, 6.45) is 0. The molecule has 0 unspecified atom stereocenters. The Labute approximate surface area is 163 Å². The summed E-state index contributed by atoms with van der Waals surface area (Å²) in [5, 5.41) is 2.63. The van der Waals surface area contributed by atoms with Crippen LogP contribution in [0.25, 0.3) is 0 Å². The summed E-state index contributed by atoms with van der Waals surface area (Å²) in [7, 11) is -2.17. The minimum Gasteiger partial charge on any atom is -0.322 e. The van der Waals surface area contributed by atoms with Crippen molar-refractivity contribution < 1.29 is 17.6 Å². The Balaban J connectivity index is 1.71. The van der Waals surface area contributed by atoms with Gasteiger partial charge in [0.1, 0.15) is 5.82 Å². The van der Waals surface area contributed by atoms with Gasteiger partial charge in [0.2, 0.25) is 10.0 Å². The molecule has 0 aliphatic heterocycles. The molecule has 28 heavy (non-hydrogen) atoms. The van der Waals surface area contributed by atoms with E-state index in [1.807, 2.05) is 30.3 Å². The van der Waals surface area contributed by atoms with Crippen LogP contribution in [0.5, 0.6) is 0 Å². The molecular formula is C21H19FN2O3S. The molecule has 3 rings (SSSR count). The lowest BCUT2D eigenvalue weighted by Gasteiger charge is -2.17. The molecule has 0 aliphatic rings. The molecule has 144 valence electrons. The molecule has 0 aromatic heterocycles. The number of nitrogens with zero attached hydrogens (tertiary/aromatic N) is 1. The highest BCUT2D eigenvalue weighted by Gasteiger charge is 2.21. The van der Waals surface area contributed by atoms with Gasteiger partial charge in [-0.2, -0.15) is 4.31 Å². The van der Waals surface area contributed by atoms with E-state index in [4.69, 9.17) is 0 Å². The van der Waals surface area contributed by atoms with Gasteiger partial charge < -0.3 is 5.32 Å². The second-order valence-electron chi connectivity index (χ2n) is 6.23. The van der Waals surface area contributed by atoms with Gasteiger partial charge in [-0.15, -0.1) is 0 Å². The van der Waals surface area contributed by atoms with Crippen molar-refractivity contribution in [3.05, 3.63) is 95.8 Å². The highest BCUT2D eigenvalue weighted by atomic mass is 32.2. The van der Waals surface area contributed by atoms with Crippen molar-refractivity contribution in [1.29, 1.82) is 0 Å². The lowest BCUT2D eigenvalue weighted by Crippen LogP contribution is -2.26. The monoisotopic (exact) mass is 398 g/mol. The molecule has 0 aliphatic carbocycles. The zero-order valence-electron chi connectivity index (χ0n) is 15.2. The normalized spacial score (nSPS) is 11.4. The Kier molecular flexibility index (Phi) is 5.87. The summed E-state index contributed by atoms with van der Waals surface area (Å²) >= 11 is 0. The fourth-order valence-electron chi connectivity index (χ4n) is 2.62. The van der Waals surface area contributed by atoms with Crippen LogP contribution < -0.4 is 5.32 Å². The minimum absolute atomic E-state index is 0.101. The molecule has 0 bridgehead atoms. The van der Waals surface area contributed by atoms with Crippen molar-refractivity contribution >= 4 is 21.6 Å². The fraction of sp³-hybridized carbons (Fsp3) is 0.0952.